The van der Waals surface area contributed by atoms with Gasteiger partial charge in [-0.05, 0) is 60.7 Å². The van der Waals surface area contributed by atoms with E-state index in [1.54, 1.807) is 6.07 Å². The topological polar surface area (TPSA) is 51.2 Å². The number of likely N-dealkylation sites (tertiary alicyclic amines) is 1. The standard InChI is InChI=1S/C27H29NO4/c29-23-10-4-8-21(14-23)22-9-5-13-28(16-22)17-25-19-31-26-12-11-24(15-27(26)32-25)30-18-20-6-2-1-3-7-20/h1-4,6-8,10-12,14-15,22,25,29H,5,9,13,16-19H2/t22?,25-/m0/s1. The molecule has 3 aromatic rings. The van der Waals surface area contributed by atoms with Gasteiger partial charge in [-0.15, -0.1) is 0 Å². The van der Waals surface area contributed by atoms with Gasteiger partial charge < -0.3 is 19.3 Å². The number of benzene rings is 3. The molecular formula is C27H29NO4. The van der Waals surface area contributed by atoms with Gasteiger partial charge in [0.25, 0.3) is 0 Å². The van der Waals surface area contributed by atoms with Gasteiger partial charge in [-0.25, -0.2) is 0 Å². The molecule has 166 valence electrons. The van der Waals surface area contributed by atoms with E-state index in [0.717, 1.165) is 55.3 Å². The molecule has 32 heavy (non-hydrogen) atoms. The molecule has 2 aliphatic heterocycles. The number of nitrogens with zero attached hydrogens (tertiary/aromatic N) is 1. The molecule has 2 atom stereocenters. The van der Waals surface area contributed by atoms with Crippen LogP contribution in [0.15, 0.2) is 72.8 Å². The minimum atomic E-state index is -0.0187. The van der Waals surface area contributed by atoms with E-state index in [4.69, 9.17) is 14.2 Å². The van der Waals surface area contributed by atoms with E-state index < -0.39 is 0 Å². The molecule has 0 radical (unpaired) electrons. The van der Waals surface area contributed by atoms with Crippen molar-refractivity contribution in [1.29, 1.82) is 0 Å². The van der Waals surface area contributed by atoms with Crippen LogP contribution in [0.25, 0.3) is 0 Å². The number of phenols is 1. The van der Waals surface area contributed by atoms with Crippen LogP contribution in [0.3, 0.4) is 0 Å². The molecule has 0 saturated carbocycles. The van der Waals surface area contributed by atoms with E-state index in [1.807, 2.05) is 48.5 Å². The van der Waals surface area contributed by atoms with Gasteiger partial charge >= 0.3 is 0 Å². The van der Waals surface area contributed by atoms with E-state index in [2.05, 4.69) is 23.1 Å². The van der Waals surface area contributed by atoms with Gasteiger partial charge in [0.2, 0.25) is 0 Å². The lowest BCUT2D eigenvalue weighted by Crippen LogP contribution is -2.44. The number of ether oxygens (including phenoxy) is 3. The molecule has 1 fully saturated rings. The first kappa shape index (κ1) is 20.7. The van der Waals surface area contributed by atoms with Crippen LogP contribution in [-0.4, -0.2) is 42.4 Å². The summed E-state index contributed by atoms with van der Waals surface area (Å²) in [6.07, 6.45) is 2.27. The summed E-state index contributed by atoms with van der Waals surface area (Å²) in [4.78, 5) is 2.45. The van der Waals surface area contributed by atoms with Crippen molar-refractivity contribution in [1.82, 2.24) is 4.90 Å². The Labute approximate surface area is 189 Å². The van der Waals surface area contributed by atoms with Crippen LogP contribution in [0.5, 0.6) is 23.0 Å². The Hall–Kier alpha value is -3.18. The molecule has 1 saturated heterocycles. The number of hydrogen-bond acceptors (Lipinski definition) is 5. The van der Waals surface area contributed by atoms with Crippen molar-refractivity contribution in [3.63, 3.8) is 0 Å². The predicted octanol–water partition coefficient (Wildman–Crippen LogP) is 4.99. The lowest BCUT2D eigenvalue weighted by Gasteiger charge is -2.36. The van der Waals surface area contributed by atoms with Gasteiger partial charge in [0.15, 0.2) is 11.5 Å². The van der Waals surface area contributed by atoms with Crippen LogP contribution in [0, 0.1) is 0 Å². The van der Waals surface area contributed by atoms with Crippen molar-refractivity contribution in [2.24, 2.45) is 0 Å². The summed E-state index contributed by atoms with van der Waals surface area (Å²) in [5.41, 5.74) is 2.34. The Morgan fingerprint density at radius 2 is 1.88 bits per heavy atom. The Kier molecular flexibility index (Phi) is 6.17. The molecule has 0 bridgehead atoms. The summed E-state index contributed by atoms with van der Waals surface area (Å²) in [5.74, 6) is 3.06. The number of aromatic hydroxyl groups is 1. The maximum atomic E-state index is 9.83. The van der Waals surface area contributed by atoms with E-state index in [0.29, 0.717) is 24.9 Å². The molecule has 1 N–H and O–H groups in total. The molecule has 5 rings (SSSR count). The molecule has 0 aromatic heterocycles. The second-order valence-corrected chi connectivity index (χ2v) is 8.63. The van der Waals surface area contributed by atoms with Crippen LogP contribution in [0.1, 0.15) is 29.9 Å². The Morgan fingerprint density at radius 3 is 2.75 bits per heavy atom. The Bertz CT molecular complexity index is 1040. The van der Waals surface area contributed by atoms with Crippen molar-refractivity contribution < 1.29 is 19.3 Å². The molecular weight excluding hydrogens is 402 g/mol. The van der Waals surface area contributed by atoms with Gasteiger partial charge in [-0.3, -0.25) is 4.90 Å². The zero-order valence-electron chi connectivity index (χ0n) is 18.2. The van der Waals surface area contributed by atoms with Crippen LogP contribution >= 0.6 is 0 Å². The number of phenolic OH excluding ortho intramolecular Hbond substituents is 1. The van der Waals surface area contributed by atoms with Crippen LogP contribution in [0.2, 0.25) is 0 Å². The zero-order chi connectivity index (χ0) is 21.8. The minimum absolute atomic E-state index is 0.0187. The maximum Gasteiger partial charge on any atom is 0.165 e. The molecule has 2 heterocycles. The quantitative estimate of drug-likeness (QED) is 0.596. The lowest BCUT2D eigenvalue weighted by molar-refractivity contribution is 0.0501. The van der Waals surface area contributed by atoms with Gasteiger partial charge in [-0.1, -0.05) is 42.5 Å². The van der Waals surface area contributed by atoms with Gasteiger partial charge in [0.1, 0.15) is 30.8 Å². The summed E-state index contributed by atoms with van der Waals surface area (Å²) in [5, 5.41) is 9.83. The third-order valence-electron chi connectivity index (χ3n) is 6.19. The summed E-state index contributed by atoms with van der Waals surface area (Å²) < 4.78 is 18.2. The molecule has 3 aromatic carbocycles. The molecule has 0 aliphatic carbocycles. The second kappa shape index (κ2) is 9.53. The normalized spacial score (nSPS) is 20.6. The van der Waals surface area contributed by atoms with Crippen molar-refractivity contribution in [2.75, 3.05) is 26.2 Å². The van der Waals surface area contributed by atoms with Gasteiger partial charge in [0.05, 0.1) is 0 Å². The fraction of sp³-hybridized carbons (Fsp3) is 0.333. The maximum absolute atomic E-state index is 9.83. The summed E-state index contributed by atoms with van der Waals surface area (Å²) >= 11 is 0. The van der Waals surface area contributed by atoms with E-state index in [9.17, 15) is 5.11 Å². The van der Waals surface area contributed by atoms with Crippen molar-refractivity contribution in [3.8, 4) is 23.0 Å². The number of fused-ring (bicyclic) bond motifs is 1. The molecule has 0 spiro atoms. The fourth-order valence-electron chi connectivity index (χ4n) is 4.58. The van der Waals surface area contributed by atoms with Crippen molar-refractivity contribution >= 4 is 0 Å². The third kappa shape index (κ3) is 5.00. The highest BCUT2D eigenvalue weighted by Crippen LogP contribution is 2.36. The van der Waals surface area contributed by atoms with E-state index >= 15 is 0 Å². The summed E-state index contributed by atoms with van der Waals surface area (Å²) in [6, 6.07) is 23.6. The molecule has 0 amide bonds. The Balaban J connectivity index is 1.19. The van der Waals surface area contributed by atoms with Crippen LogP contribution in [0.4, 0.5) is 0 Å². The highest BCUT2D eigenvalue weighted by molar-refractivity contribution is 5.46. The molecule has 1 unspecified atom stereocenters. The first-order chi connectivity index (χ1) is 15.7. The van der Waals surface area contributed by atoms with E-state index in [1.165, 1.54) is 5.56 Å². The lowest BCUT2D eigenvalue weighted by atomic mass is 9.90. The summed E-state index contributed by atoms with van der Waals surface area (Å²) in [6.45, 7) is 3.92. The average Bonchev–Trinajstić information content (AvgIpc) is 2.83. The van der Waals surface area contributed by atoms with Crippen molar-refractivity contribution in [3.05, 3.63) is 83.9 Å². The molecule has 2 aliphatic rings. The highest BCUT2D eigenvalue weighted by atomic mass is 16.6. The molecule has 5 nitrogen and oxygen atoms in total. The second-order valence-electron chi connectivity index (χ2n) is 8.63. The van der Waals surface area contributed by atoms with Crippen molar-refractivity contribution in [2.45, 2.75) is 31.5 Å². The minimum Gasteiger partial charge on any atom is -0.508 e. The fourth-order valence-corrected chi connectivity index (χ4v) is 4.58. The first-order valence-corrected chi connectivity index (χ1v) is 11.3. The third-order valence-corrected chi connectivity index (χ3v) is 6.19. The SMILES string of the molecule is Oc1cccc(C2CCCN(C[C@H]3COc4ccc(OCc5ccccc5)cc4O3)C2)c1. The highest BCUT2D eigenvalue weighted by Gasteiger charge is 2.27. The number of piperidine rings is 1. The molecule has 5 heteroatoms. The predicted molar refractivity (Wildman–Crippen MR) is 124 cm³/mol. The zero-order valence-corrected chi connectivity index (χ0v) is 18.2. The Morgan fingerprint density at radius 1 is 0.969 bits per heavy atom. The average molecular weight is 432 g/mol. The monoisotopic (exact) mass is 431 g/mol. The summed E-state index contributed by atoms with van der Waals surface area (Å²) in [7, 11) is 0. The van der Waals surface area contributed by atoms with Gasteiger partial charge in [0, 0.05) is 19.2 Å². The number of rotatable bonds is 6. The smallest absolute Gasteiger partial charge is 0.165 e. The van der Waals surface area contributed by atoms with Gasteiger partial charge in [-0.2, -0.15) is 0 Å². The largest absolute Gasteiger partial charge is 0.508 e. The van der Waals surface area contributed by atoms with E-state index in [-0.39, 0.29) is 6.10 Å². The van der Waals surface area contributed by atoms with Crippen LogP contribution in [-0.2, 0) is 6.61 Å². The van der Waals surface area contributed by atoms with Crippen LogP contribution < -0.4 is 14.2 Å². The first-order valence-electron chi connectivity index (χ1n) is 11.3. The number of hydrogen-bond donors (Lipinski definition) is 1.